The zero-order valence-corrected chi connectivity index (χ0v) is 17.1. The van der Waals surface area contributed by atoms with Crippen molar-refractivity contribution in [2.45, 2.75) is 77.1 Å². The van der Waals surface area contributed by atoms with Crippen LogP contribution in [0.15, 0.2) is 11.6 Å². The summed E-state index contributed by atoms with van der Waals surface area (Å²) in [5.74, 6) is -0.678. The number of carbonyl (C=O) groups is 1. The van der Waals surface area contributed by atoms with Crippen molar-refractivity contribution in [2.24, 2.45) is 28.1 Å². The largest absolute Gasteiger partial charge is 0.463 e. The Hall–Kier alpha value is -0.950. The van der Waals surface area contributed by atoms with Gasteiger partial charge in [0.2, 0.25) is 0 Å². The van der Waals surface area contributed by atoms with Crippen molar-refractivity contribution < 1.29 is 30.0 Å². The standard InChI is InChI=1S/C22H34O6/c1-13(24)28-12-22(27)9-8-21-10-15(22)18(26)14(21)4-5-16-19(2,11-23)17(25)6-7-20(16,21)3/h4,15-18,23,25-27H,5-12H2,1-3H3. The SMILES string of the molecule is CC(=O)OCC1(O)CCC23CC1C(O)C2=CCC1C(C)(CO)C(O)CCC13C. The number of aliphatic hydroxyl groups excluding tert-OH is 3. The van der Waals surface area contributed by atoms with Crippen molar-refractivity contribution in [3.63, 3.8) is 0 Å². The normalized spacial score (nSPS) is 52.5. The number of carbonyl (C=O) groups excluding carboxylic acids is 1. The Morgan fingerprint density at radius 2 is 1.96 bits per heavy atom. The van der Waals surface area contributed by atoms with Gasteiger partial charge in [0.05, 0.1) is 18.8 Å². The van der Waals surface area contributed by atoms with Gasteiger partial charge in [-0.15, -0.1) is 0 Å². The van der Waals surface area contributed by atoms with Crippen LogP contribution in [0.5, 0.6) is 0 Å². The van der Waals surface area contributed by atoms with Gasteiger partial charge in [0.1, 0.15) is 12.2 Å². The van der Waals surface area contributed by atoms with E-state index in [2.05, 4.69) is 13.0 Å². The fraction of sp³-hybridized carbons (Fsp3) is 0.864. The van der Waals surface area contributed by atoms with E-state index in [-0.39, 0.29) is 35.9 Å². The second kappa shape index (κ2) is 6.27. The van der Waals surface area contributed by atoms with Gasteiger partial charge in [-0.25, -0.2) is 0 Å². The minimum atomic E-state index is -1.21. The van der Waals surface area contributed by atoms with Crippen LogP contribution >= 0.6 is 0 Å². The average molecular weight is 395 g/mol. The zero-order valence-electron chi connectivity index (χ0n) is 17.1. The highest BCUT2D eigenvalue weighted by atomic mass is 16.5. The predicted molar refractivity (Wildman–Crippen MR) is 102 cm³/mol. The van der Waals surface area contributed by atoms with Gasteiger partial charge in [-0.05, 0) is 55.4 Å². The Kier molecular flexibility index (Phi) is 4.55. The van der Waals surface area contributed by atoms with E-state index in [1.54, 1.807) is 0 Å². The molecular formula is C22H34O6. The molecule has 28 heavy (non-hydrogen) atoms. The summed E-state index contributed by atoms with van der Waals surface area (Å²) in [4.78, 5) is 11.3. The number of hydrogen-bond donors (Lipinski definition) is 4. The summed E-state index contributed by atoms with van der Waals surface area (Å²) in [6, 6.07) is 0. The molecule has 0 aromatic heterocycles. The molecule has 8 atom stereocenters. The third-order valence-electron chi connectivity index (χ3n) is 9.29. The molecular weight excluding hydrogens is 360 g/mol. The number of rotatable bonds is 3. The van der Waals surface area contributed by atoms with E-state index in [1.807, 2.05) is 6.92 Å². The summed E-state index contributed by atoms with van der Waals surface area (Å²) in [6.45, 7) is 5.43. The van der Waals surface area contributed by atoms with Crippen LogP contribution in [-0.4, -0.2) is 57.4 Å². The Morgan fingerprint density at radius 3 is 2.61 bits per heavy atom. The second-order valence-electron chi connectivity index (χ2n) is 10.3. The topological polar surface area (TPSA) is 107 Å². The van der Waals surface area contributed by atoms with Crippen LogP contribution in [-0.2, 0) is 9.53 Å². The highest BCUT2D eigenvalue weighted by molar-refractivity contribution is 5.66. The Balaban J connectivity index is 1.73. The number of fused-ring (bicyclic) bond motifs is 2. The van der Waals surface area contributed by atoms with Crippen LogP contribution in [0, 0.1) is 28.1 Å². The maximum absolute atomic E-state index is 11.3. The first-order chi connectivity index (χ1) is 13.0. The first kappa shape index (κ1) is 20.3. The molecule has 4 rings (SSSR count). The molecule has 8 unspecified atom stereocenters. The molecule has 0 radical (unpaired) electrons. The molecule has 158 valence electrons. The lowest BCUT2D eigenvalue weighted by atomic mass is 9.41. The highest BCUT2D eigenvalue weighted by Gasteiger charge is 2.70. The number of esters is 1. The van der Waals surface area contributed by atoms with Gasteiger partial charge < -0.3 is 25.2 Å². The van der Waals surface area contributed by atoms with Gasteiger partial charge in [0, 0.05) is 23.7 Å². The molecule has 0 saturated heterocycles. The van der Waals surface area contributed by atoms with E-state index in [9.17, 15) is 25.2 Å². The molecule has 0 aromatic rings. The molecule has 0 heterocycles. The predicted octanol–water partition coefficient (Wildman–Crippen LogP) is 1.55. The Labute approximate surface area is 166 Å². The first-order valence-electron chi connectivity index (χ1n) is 10.6. The van der Waals surface area contributed by atoms with Gasteiger partial charge in [-0.1, -0.05) is 19.9 Å². The summed E-state index contributed by atoms with van der Waals surface area (Å²) in [5.41, 5.74) is -1.16. The number of allylic oxidation sites excluding steroid dienone is 1. The number of aliphatic hydroxyl groups is 4. The fourth-order valence-electron chi connectivity index (χ4n) is 7.48. The van der Waals surface area contributed by atoms with E-state index in [0.29, 0.717) is 25.7 Å². The van der Waals surface area contributed by atoms with E-state index in [1.165, 1.54) is 6.92 Å². The van der Waals surface area contributed by atoms with Crippen molar-refractivity contribution in [1.29, 1.82) is 0 Å². The maximum atomic E-state index is 11.3. The lowest BCUT2D eigenvalue weighted by molar-refractivity contribution is -0.189. The van der Waals surface area contributed by atoms with Gasteiger partial charge in [-0.2, -0.15) is 0 Å². The summed E-state index contributed by atoms with van der Waals surface area (Å²) < 4.78 is 5.15. The molecule has 6 heteroatoms. The molecule has 1 spiro atoms. The van der Waals surface area contributed by atoms with E-state index >= 15 is 0 Å². The molecule has 3 fully saturated rings. The van der Waals surface area contributed by atoms with E-state index in [0.717, 1.165) is 18.4 Å². The molecule has 0 amide bonds. The van der Waals surface area contributed by atoms with Gasteiger partial charge in [0.15, 0.2) is 0 Å². The quantitative estimate of drug-likeness (QED) is 0.427. The Bertz CT molecular complexity index is 705. The van der Waals surface area contributed by atoms with Crippen LogP contribution in [0.4, 0.5) is 0 Å². The fourth-order valence-corrected chi connectivity index (χ4v) is 7.48. The summed E-state index contributed by atoms with van der Waals surface area (Å²) >= 11 is 0. The molecule has 0 aliphatic heterocycles. The van der Waals surface area contributed by atoms with Gasteiger partial charge in [-0.3, -0.25) is 4.79 Å². The number of hydrogen-bond acceptors (Lipinski definition) is 6. The first-order valence-corrected chi connectivity index (χ1v) is 10.6. The lowest BCUT2D eigenvalue weighted by Crippen LogP contribution is -2.61. The van der Waals surface area contributed by atoms with Crippen LogP contribution in [0.1, 0.15) is 59.3 Å². The molecule has 4 aliphatic rings. The van der Waals surface area contributed by atoms with Crippen molar-refractivity contribution >= 4 is 5.97 Å². The van der Waals surface area contributed by atoms with Crippen LogP contribution in [0.2, 0.25) is 0 Å². The molecule has 3 saturated carbocycles. The van der Waals surface area contributed by atoms with Gasteiger partial charge >= 0.3 is 5.97 Å². The summed E-state index contributed by atoms with van der Waals surface area (Å²) in [5, 5.41) is 43.3. The van der Waals surface area contributed by atoms with Crippen LogP contribution in [0.3, 0.4) is 0 Å². The number of ether oxygens (including phenoxy) is 1. The zero-order chi connectivity index (χ0) is 20.5. The molecule has 0 aromatic carbocycles. The summed E-state index contributed by atoms with van der Waals surface area (Å²) in [7, 11) is 0. The van der Waals surface area contributed by atoms with E-state index in [4.69, 9.17) is 4.74 Å². The third kappa shape index (κ3) is 2.38. The molecule has 4 N–H and O–H groups in total. The molecule has 6 nitrogen and oxygen atoms in total. The Morgan fingerprint density at radius 1 is 1.25 bits per heavy atom. The minimum absolute atomic E-state index is 0.0595. The molecule has 2 bridgehead atoms. The smallest absolute Gasteiger partial charge is 0.302 e. The van der Waals surface area contributed by atoms with Crippen LogP contribution in [0.25, 0.3) is 0 Å². The maximum Gasteiger partial charge on any atom is 0.302 e. The van der Waals surface area contributed by atoms with Gasteiger partial charge in [0.25, 0.3) is 0 Å². The van der Waals surface area contributed by atoms with Crippen molar-refractivity contribution in [3.05, 3.63) is 11.6 Å². The van der Waals surface area contributed by atoms with Crippen molar-refractivity contribution in [3.8, 4) is 0 Å². The van der Waals surface area contributed by atoms with Crippen molar-refractivity contribution in [1.82, 2.24) is 0 Å². The third-order valence-corrected chi connectivity index (χ3v) is 9.29. The minimum Gasteiger partial charge on any atom is -0.463 e. The van der Waals surface area contributed by atoms with Crippen molar-refractivity contribution in [2.75, 3.05) is 13.2 Å². The molecule has 4 aliphatic carbocycles. The van der Waals surface area contributed by atoms with E-state index < -0.39 is 29.2 Å². The highest BCUT2D eigenvalue weighted by Crippen LogP contribution is 2.73. The average Bonchev–Trinajstić information content (AvgIpc) is 2.92. The second-order valence-corrected chi connectivity index (χ2v) is 10.3. The van der Waals surface area contributed by atoms with Crippen LogP contribution < -0.4 is 0 Å². The lowest BCUT2D eigenvalue weighted by Gasteiger charge is -2.64. The monoisotopic (exact) mass is 394 g/mol. The summed E-state index contributed by atoms with van der Waals surface area (Å²) in [6.07, 6.45) is 4.87.